The Balaban J connectivity index is 1.53. The van der Waals surface area contributed by atoms with Crippen molar-refractivity contribution in [3.05, 3.63) is 0 Å². The van der Waals surface area contributed by atoms with Crippen LogP contribution in [-0.2, 0) is 0 Å². The van der Waals surface area contributed by atoms with Gasteiger partial charge < -0.3 is 20.4 Å². The van der Waals surface area contributed by atoms with Crippen molar-refractivity contribution in [3.63, 3.8) is 0 Å². The maximum Gasteiger partial charge on any atom is 0.109 e. The Morgan fingerprint density at radius 2 is 1.38 bits per heavy atom. The van der Waals surface area contributed by atoms with E-state index in [1.165, 1.54) is 38.5 Å². The van der Waals surface area contributed by atoms with E-state index in [0.717, 1.165) is 18.4 Å². The van der Waals surface area contributed by atoms with Crippen molar-refractivity contribution in [2.45, 2.75) is 62.9 Å². The van der Waals surface area contributed by atoms with E-state index >= 15 is 0 Å². The Morgan fingerprint density at radius 1 is 0.810 bits per heavy atom. The second-order valence-electron chi connectivity index (χ2n) is 7.37. The highest BCUT2D eigenvalue weighted by Crippen LogP contribution is 2.45. The summed E-state index contributed by atoms with van der Waals surface area (Å²) in [6.07, 6.45) is 4.74. The summed E-state index contributed by atoms with van der Waals surface area (Å²) in [4.78, 5) is 1.98. The van der Waals surface area contributed by atoms with Gasteiger partial charge in [0.05, 0.1) is 18.8 Å². The van der Waals surface area contributed by atoms with E-state index in [9.17, 15) is 20.4 Å². The van der Waals surface area contributed by atoms with E-state index in [2.05, 4.69) is 0 Å². The summed E-state index contributed by atoms with van der Waals surface area (Å²) >= 11 is 0. The van der Waals surface area contributed by atoms with E-state index in [0.29, 0.717) is 12.5 Å². The fourth-order valence-electron chi connectivity index (χ4n) is 4.33. The molecule has 2 aliphatic carbocycles. The zero-order chi connectivity index (χ0) is 15.0. The molecule has 0 radical (unpaired) electrons. The SMILES string of the molecule is OC[C@H]1[C@@H](O)[C@H](O)[C@@H](O)CN1C[C@H]1CC[C@H](C2CC2)CC1. The third-order valence-electron chi connectivity index (χ3n) is 5.89. The highest BCUT2D eigenvalue weighted by atomic mass is 16.4. The first-order valence-electron chi connectivity index (χ1n) is 8.49. The molecule has 3 aliphatic rings. The number of rotatable bonds is 4. The summed E-state index contributed by atoms with van der Waals surface area (Å²) in [6, 6.07) is -0.454. The molecule has 0 amide bonds. The third kappa shape index (κ3) is 3.42. The molecule has 1 saturated heterocycles. The van der Waals surface area contributed by atoms with Gasteiger partial charge in [-0.25, -0.2) is 0 Å². The Morgan fingerprint density at radius 3 is 1.90 bits per heavy atom. The fraction of sp³-hybridized carbons (Fsp3) is 1.00. The molecule has 21 heavy (non-hydrogen) atoms. The second kappa shape index (κ2) is 6.50. The molecule has 5 heteroatoms. The maximum atomic E-state index is 10.0. The van der Waals surface area contributed by atoms with Crippen LogP contribution < -0.4 is 0 Å². The Hall–Kier alpha value is -0.200. The van der Waals surface area contributed by atoms with Gasteiger partial charge in [-0.15, -0.1) is 0 Å². The predicted octanol–water partition coefficient (Wildman–Crippen LogP) is -0.0380. The molecule has 122 valence electrons. The number of hydrogen-bond acceptors (Lipinski definition) is 5. The quantitative estimate of drug-likeness (QED) is 0.585. The lowest BCUT2D eigenvalue weighted by molar-refractivity contribution is -0.148. The molecule has 3 rings (SSSR count). The lowest BCUT2D eigenvalue weighted by atomic mass is 9.79. The van der Waals surface area contributed by atoms with Crippen molar-refractivity contribution in [1.82, 2.24) is 4.90 Å². The maximum absolute atomic E-state index is 10.0. The predicted molar refractivity (Wildman–Crippen MR) is 78.6 cm³/mol. The third-order valence-corrected chi connectivity index (χ3v) is 5.89. The number of aliphatic hydroxyl groups excluding tert-OH is 4. The van der Waals surface area contributed by atoms with Gasteiger partial charge in [0.25, 0.3) is 0 Å². The molecular weight excluding hydrogens is 270 g/mol. The van der Waals surface area contributed by atoms with Crippen LogP contribution in [0.2, 0.25) is 0 Å². The fourth-order valence-corrected chi connectivity index (χ4v) is 4.33. The molecular formula is C16H29NO4. The van der Waals surface area contributed by atoms with E-state index in [-0.39, 0.29) is 6.61 Å². The van der Waals surface area contributed by atoms with Crippen molar-refractivity contribution in [2.75, 3.05) is 19.7 Å². The average Bonchev–Trinajstić information content (AvgIpc) is 3.31. The van der Waals surface area contributed by atoms with Crippen LogP contribution in [0.25, 0.3) is 0 Å². The van der Waals surface area contributed by atoms with E-state index in [1.807, 2.05) is 4.90 Å². The molecule has 0 spiro atoms. The number of likely N-dealkylation sites (tertiary alicyclic amines) is 1. The van der Waals surface area contributed by atoms with Crippen LogP contribution in [0.15, 0.2) is 0 Å². The van der Waals surface area contributed by atoms with Crippen molar-refractivity contribution < 1.29 is 20.4 Å². The topological polar surface area (TPSA) is 84.2 Å². The highest BCUT2D eigenvalue weighted by molar-refractivity contribution is 4.95. The molecule has 5 nitrogen and oxygen atoms in total. The Labute approximate surface area is 126 Å². The minimum Gasteiger partial charge on any atom is -0.395 e. The zero-order valence-electron chi connectivity index (χ0n) is 12.6. The second-order valence-corrected chi connectivity index (χ2v) is 7.37. The smallest absolute Gasteiger partial charge is 0.109 e. The summed E-state index contributed by atoms with van der Waals surface area (Å²) in [5.41, 5.74) is 0. The van der Waals surface area contributed by atoms with Gasteiger partial charge in [0.2, 0.25) is 0 Å². The van der Waals surface area contributed by atoms with Crippen LogP contribution in [0.3, 0.4) is 0 Å². The molecule has 0 unspecified atom stereocenters. The number of piperidine rings is 1. The first-order chi connectivity index (χ1) is 10.1. The van der Waals surface area contributed by atoms with Crippen molar-refractivity contribution >= 4 is 0 Å². The van der Waals surface area contributed by atoms with Gasteiger partial charge in [0.1, 0.15) is 12.2 Å². The first-order valence-corrected chi connectivity index (χ1v) is 8.49. The lowest BCUT2D eigenvalue weighted by Gasteiger charge is -2.45. The molecule has 0 aromatic rings. The van der Waals surface area contributed by atoms with Gasteiger partial charge in [0, 0.05) is 13.1 Å². The minimum absolute atomic E-state index is 0.178. The van der Waals surface area contributed by atoms with Gasteiger partial charge in [-0.1, -0.05) is 0 Å². The lowest BCUT2D eigenvalue weighted by Crippen LogP contribution is -2.63. The number of hydrogen-bond donors (Lipinski definition) is 4. The normalized spacial score (nSPS) is 45.7. The summed E-state index contributed by atoms with van der Waals surface area (Å²) in [5, 5.41) is 39.1. The molecule has 0 bridgehead atoms. The van der Waals surface area contributed by atoms with Gasteiger partial charge in [-0.05, 0) is 56.3 Å². The van der Waals surface area contributed by atoms with Crippen LogP contribution in [-0.4, -0.2) is 69.4 Å². The van der Waals surface area contributed by atoms with E-state index in [1.54, 1.807) is 0 Å². The summed E-state index contributed by atoms with van der Waals surface area (Å²) < 4.78 is 0. The first kappa shape index (κ1) is 15.7. The molecule has 4 atom stereocenters. The van der Waals surface area contributed by atoms with Crippen molar-refractivity contribution in [3.8, 4) is 0 Å². The summed E-state index contributed by atoms with van der Waals surface area (Å²) in [7, 11) is 0. The summed E-state index contributed by atoms with van der Waals surface area (Å²) in [5.74, 6) is 2.50. The Bertz CT molecular complexity index is 341. The van der Waals surface area contributed by atoms with Gasteiger partial charge >= 0.3 is 0 Å². The minimum atomic E-state index is -1.15. The van der Waals surface area contributed by atoms with Crippen LogP contribution in [0.5, 0.6) is 0 Å². The Kier molecular flexibility index (Phi) is 4.86. The van der Waals surface area contributed by atoms with Crippen LogP contribution in [0.4, 0.5) is 0 Å². The molecule has 0 aromatic heterocycles. The highest BCUT2D eigenvalue weighted by Gasteiger charge is 2.42. The molecule has 1 heterocycles. The molecule has 4 N–H and O–H groups in total. The van der Waals surface area contributed by atoms with Crippen LogP contribution in [0.1, 0.15) is 38.5 Å². The van der Waals surface area contributed by atoms with E-state index < -0.39 is 24.4 Å². The van der Waals surface area contributed by atoms with Gasteiger partial charge in [-0.2, -0.15) is 0 Å². The van der Waals surface area contributed by atoms with Crippen molar-refractivity contribution in [1.29, 1.82) is 0 Å². The number of β-amino-alcohol motifs (C(OH)–C–C–N with tert-alkyl or cyclic N) is 1. The van der Waals surface area contributed by atoms with Gasteiger partial charge in [0.15, 0.2) is 0 Å². The average molecular weight is 299 g/mol. The summed E-state index contributed by atoms with van der Waals surface area (Å²) in [6.45, 7) is 0.970. The monoisotopic (exact) mass is 299 g/mol. The van der Waals surface area contributed by atoms with Crippen molar-refractivity contribution in [2.24, 2.45) is 17.8 Å². The standard InChI is InChI=1S/C16H29NO4/c18-9-13-15(20)16(21)14(19)8-17(13)7-10-1-3-11(4-2-10)12-5-6-12/h10-16,18-21H,1-9H2/t10-,11-,13-,14-,15+,16+/m0/s1. The number of aliphatic hydroxyl groups is 4. The molecule has 3 fully saturated rings. The van der Waals surface area contributed by atoms with Crippen LogP contribution in [0, 0.1) is 17.8 Å². The number of nitrogens with zero attached hydrogens (tertiary/aromatic N) is 1. The molecule has 2 saturated carbocycles. The molecule has 1 aliphatic heterocycles. The largest absolute Gasteiger partial charge is 0.395 e. The van der Waals surface area contributed by atoms with E-state index in [4.69, 9.17) is 0 Å². The van der Waals surface area contributed by atoms with Gasteiger partial charge in [-0.3, -0.25) is 4.90 Å². The van der Waals surface area contributed by atoms with Crippen LogP contribution >= 0.6 is 0 Å². The zero-order valence-corrected chi connectivity index (χ0v) is 12.6. The molecule has 0 aromatic carbocycles.